The minimum absolute atomic E-state index is 0.231. The minimum Gasteiger partial charge on any atom is -0.467 e. The molecular weight excluding hydrogens is 275 g/mol. The number of hydrogen-bond acceptors (Lipinski definition) is 3. The summed E-state index contributed by atoms with van der Waals surface area (Å²) >= 11 is 11.7. The number of carbonyl (C=O) groups is 1. The Balaban J connectivity index is 2.17. The minimum atomic E-state index is -0.235. The summed E-state index contributed by atoms with van der Waals surface area (Å²) in [5.41, 5.74) is 0.325. The predicted molar refractivity (Wildman–Crippen MR) is 68.8 cm³/mol. The maximum Gasteiger partial charge on any atom is 0.255 e. The van der Waals surface area contributed by atoms with E-state index in [4.69, 9.17) is 27.6 Å². The molecule has 0 fully saturated rings. The highest BCUT2D eigenvalue weighted by molar-refractivity contribution is 6.35. The SMILES string of the molecule is CN(Cc1ccco1)C(=O)c1cc(Cl)ncc1Cl. The molecule has 0 aliphatic rings. The zero-order valence-corrected chi connectivity index (χ0v) is 11.1. The van der Waals surface area contributed by atoms with E-state index < -0.39 is 0 Å². The lowest BCUT2D eigenvalue weighted by molar-refractivity contribution is 0.0775. The molecule has 1 amide bonds. The van der Waals surface area contributed by atoms with Crippen molar-refractivity contribution >= 4 is 29.1 Å². The third kappa shape index (κ3) is 2.83. The van der Waals surface area contributed by atoms with Gasteiger partial charge < -0.3 is 9.32 Å². The first-order chi connectivity index (χ1) is 8.58. The molecule has 0 saturated carbocycles. The smallest absolute Gasteiger partial charge is 0.255 e. The number of aromatic nitrogens is 1. The Morgan fingerprint density at radius 3 is 2.94 bits per heavy atom. The summed E-state index contributed by atoms with van der Waals surface area (Å²) in [6.45, 7) is 0.363. The largest absolute Gasteiger partial charge is 0.467 e. The van der Waals surface area contributed by atoms with Crippen molar-refractivity contribution in [3.63, 3.8) is 0 Å². The highest BCUT2D eigenvalue weighted by Gasteiger charge is 2.17. The number of hydrogen-bond donors (Lipinski definition) is 0. The van der Waals surface area contributed by atoms with Crippen molar-refractivity contribution in [2.75, 3.05) is 7.05 Å². The van der Waals surface area contributed by atoms with Crippen LogP contribution in [0.25, 0.3) is 0 Å². The molecule has 2 aromatic heterocycles. The molecule has 2 rings (SSSR count). The third-order valence-electron chi connectivity index (χ3n) is 2.37. The highest BCUT2D eigenvalue weighted by Crippen LogP contribution is 2.20. The molecule has 2 aromatic rings. The predicted octanol–water partition coefficient (Wildman–Crippen LogP) is 3.25. The standard InChI is InChI=1S/C12H10Cl2N2O2/c1-16(7-8-3-2-4-18-8)12(17)9-5-11(14)15-6-10(9)13/h2-6H,7H2,1H3. The Labute approximate surface area is 114 Å². The first-order valence-corrected chi connectivity index (χ1v) is 5.92. The van der Waals surface area contributed by atoms with E-state index in [9.17, 15) is 4.79 Å². The van der Waals surface area contributed by atoms with Crippen LogP contribution in [0.5, 0.6) is 0 Å². The van der Waals surface area contributed by atoms with Crippen LogP contribution in [0.3, 0.4) is 0 Å². The number of furan rings is 1. The second kappa shape index (κ2) is 5.42. The summed E-state index contributed by atoms with van der Waals surface area (Å²) in [7, 11) is 1.66. The van der Waals surface area contributed by atoms with E-state index >= 15 is 0 Å². The van der Waals surface area contributed by atoms with Gasteiger partial charge >= 0.3 is 0 Å². The van der Waals surface area contributed by atoms with E-state index in [0.29, 0.717) is 17.9 Å². The molecule has 0 radical (unpaired) electrons. The quantitative estimate of drug-likeness (QED) is 0.813. The fraction of sp³-hybridized carbons (Fsp3) is 0.167. The second-order valence-corrected chi connectivity index (χ2v) is 4.52. The van der Waals surface area contributed by atoms with Crippen LogP contribution in [-0.2, 0) is 6.54 Å². The number of carbonyl (C=O) groups excluding carboxylic acids is 1. The van der Waals surface area contributed by atoms with Gasteiger partial charge in [0.05, 0.1) is 23.4 Å². The Morgan fingerprint density at radius 1 is 1.50 bits per heavy atom. The summed E-state index contributed by atoms with van der Waals surface area (Å²) in [5.74, 6) is 0.461. The van der Waals surface area contributed by atoms with Gasteiger partial charge in [0.25, 0.3) is 5.91 Å². The Morgan fingerprint density at radius 2 is 2.28 bits per heavy atom. The van der Waals surface area contributed by atoms with Gasteiger partial charge in [0.1, 0.15) is 10.9 Å². The molecule has 0 unspecified atom stereocenters. The molecule has 0 aliphatic heterocycles. The first kappa shape index (κ1) is 12.9. The van der Waals surface area contributed by atoms with Crippen molar-refractivity contribution in [1.82, 2.24) is 9.88 Å². The number of rotatable bonds is 3. The topological polar surface area (TPSA) is 46.3 Å². The summed E-state index contributed by atoms with van der Waals surface area (Å²) < 4.78 is 5.18. The highest BCUT2D eigenvalue weighted by atomic mass is 35.5. The summed E-state index contributed by atoms with van der Waals surface area (Å²) in [6.07, 6.45) is 2.92. The lowest BCUT2D eigenvalue weighted by Gasteiger charge is -2.16. The van der Waals surface area contributed by atoms with Gasteiger partial charge in [-0.25, -0.2) is 4.98 Å². The van der Waals surface area contributed by atoms with Crippen LogP contribution in [0, 0.1) is 0 Å². The molecule has 0 saturated heterocycles. The fourth-order valence-corrected chi connectivity index (χ4v) is 1.83. The monoisotopic (exact) mass is 284 g/mol. The molecule has 0 aliphatic carbocycles. The molecule has 0 bridgehead atoms. The Bertz CT molecular complexity index is 555. The molecular formula is C12H10Cl2N2O2. The van der Waals surface area contributed by atoms with Gasteiger partial charge in [-0.3, -0.25) is 4.79 Å². The lowest BCUT2D eigenvalue weighted by Crippen LogP contribution is -2.26. The molecule has 0 spiro atoms. The van der Waals surface area contributed by atoms with Crippen molar-refractivity contribution in [3.8, 4) is 0 Å². The molecule has 0 aromatic carbocycles. The zero-order valence-electron chi connectivity index (χ0n) is 9.56. The van der Waals surface area contributed by atoms with Crippen LogP contribution in [-0.4, -0.2) is 22.8 Å². The van der Waals surface area contributed by atoms with Crippen molar-refractivity contribution < 1.29 is 9.21 Å². The van der Waals surface area contributed by atoms with Crippen molar-refractivity contribution in [3.05, 3.63) is 52.2 Å². The van der Waals surface area contributed by atoms with Crippen molar-refractivity contribution in [2.45, 2.75) is 6.54 Å². The summed E-state index contributed by atoms with van der Waals surface area (Å²) in [4.78, 5) is 17.5. The van der Waals surface area contributed by atoms with Gasteiger partial charge in [-0.2, -0.15) is 0 Å². The maximum absolute atomic E-state index is 12.2. The van der Waals surface area contributed by atoms with Gasteiger partial charge in [0.15, 0.2) is 0 Å². The Kier molecular flexibility index (Phi) is 3.89. The average molecular weight is 285 g/mol. The average Bonchev–Trinajstić information content (AvgIpc) is 2.84. The van der Waals surface area contributed by atoms with Crippen LogP contribution in [0.15, 0.2) is 35.1 Å². The third-order valence-corrected chi connectivity index (χ3v) is 2.88. The normalized spacial score (nSPS) is 10.4. The maximum atomic E-state index is 12.2. The molecule has 18 heavy (non-hydrogen) atoms. The van der Waals surface area contributed by atoms with Gasteiger partial charge in [-0.15, -0.1) is 0 Å². The molecule has 94 valence electrons. The molecule has 0 N–H and O–H groups in total. The van der Waals surface area contributed by atoms with E-state index in [1.165, 1.54) is 17.2 Å². The van der Waals surface area contributed by atoms with E-state index in [2.05, 4.69) is 4.98 Å². The van der Waals surface area contributed by atoms with Crippen LogP contribution in [0.1, 0.15) is 16.1 Å². The zero-order chi connectivity index (χ0) is 13.1. The second-order valence-electron chi connectivity index (χ2n) is 3.73. The number of amides is 1. The van der Waals surface area contributed by atoms with Crippen molar-refractivity contribution in [1.29, 1.82) is 0 Å². The first-order valence-electron chi connectivity index (χ1n) is 5.17. The van der Waals surface area contributed by atoms with E-state index in [1.54, 1.807) is 25.4 Å². The fourth-order valence-electron chi connectivity index (χ4n) is 1.49. The summed E-state index contributed by atoms with van der Waals surface area (Å²) in [6, 6.07) is 5.01. The van der Waals surface area contributed by atoms with E-state index in [-0.39, 0.29) is 16.1 Å². The van der Waals surface area contributed by atoms with Gasteiger partial charge in [0, 0.05) is 13.2 Å². The summed E-state index contributed by atoms with van der Waals surface area (Å²) in [5, 5.41) is 0.504. The van der Waals surface area contributed by atoms with Crippen LogP contribution < -0.4 is 0 Å². The van der Waals surface area contributed by atoms with Crippen LogP contribution in [0.2, 0.25) is 10.2 Å². The van der Waals surface area contributed by atoms with E-state index in [0.717, 1.165) is 0 Å². The van der Waals surface area contributed by atoms with Gasteiger partial charge in [0.2, 0.25) is 0 Å². The van der Waals surface area contributed by atoms with Crippen LogP contribution >= 0.6 is 23.2 Å². The van der Waals surface area contributed by atoms with Gasteiger partial charge in [-0.05, 0) is 18.2 Å². The molecule has 6 heteroatoms. The van der Waals surface area contributed by atoms with E-state index in [1.807, 2.05) is 0 Å². The molecule has 2 heterocycles. The number of halogens is 2. The van der Waals surface area contributed by atoms with Crippen LogP contribution in [0.4, 0.5) is 0 Å². The van der Waals surface area contributed by atoms with Crippen molar-refractivity contribution in [2.24, 2.45) is 0 Å². The number of nitrogens with zero attached hydrogens (tertiary/aromatic N) is 2. The lowest BCUT2D eigenvalue weighted by atomic mass is 10.2. The van der Waals surface area contributed by atoms with Gasteiger partial charge in [-0.1, -0.05) is 23.2 Å². The number of pyridine rings is 1. The Hall–Kier alpha value is -1.52. The molecule has 4 nitrogen and oxygen atoms in total. The molecule has 0 atom stereocenters.